The van der Waals surface area contributed by atoms with E-state index >= 15 is 0 Å². The molecule has 1 aromatic carbocycles. The SMILES string of the molecule is CC(F)c1ccc(F)cc1. The number of benzene rings is 1. The summed E-state index contributed by atoms with van der Waals surface area (Å²) in [5.74, 6) is -0.329. The van der Waals surface area contributed by atoms with Gasteiger partial charge in [-0.2, -0.15) is 0 Å². The lowest BCUT2D eigenvalue weighted by molar-refractivity contribution is 0.374. The molecule has 0 heterocycles. The van der Waals surface area contributed by atoms with Gasteiger partial charge in [-0.1, -0.05) is 12.1 Å². The number of hydrogen-bond acceptors (Lipinski definition) is 0. The summed E-state index contributed by atoms with van der Waals surface area (Å²) in [7, 11) is 0. The lowest BCUT2D eigenvalue weighted by Gasteiger charge is -1.99. The summed E-state index contributed by atoms with van der Waals surface area (Å²) in [6, 6.07) is 5.40. The van der Waals surface area contributed by atoms with Crippen LogP contribution in [0.3, 0.4) is 0 Å². The summed E-state index contributed by atoms with van der Waals surface area (Å²) in [5, 5.41) is 0. The highest BCUT2D eigenvalue weighted by molar-refractivity contribution is 5.17. The van der Waals surface area contributed by atoms with Crippen LogP contribution in [0, 0.1) is 5.82 Å². The minimum Gasteiger partial charge on any atom is -0.243 e. The molecule has 2 heteroatoms. The minimum absolute atomic E-state index is 0.329. The fourth-order valence-corrected chi connectivity index (χ4v) is 0.728. The van der Waals surface area contributed by atoms with Crippen molar-refractivity contribution in [2.75, 3.05) is 0 Å². The Labute approximate surface area is 58.5 Å². The molecule has 0 saturated heterocycles. The number of hydrogen-bond donors (Lipinski definition) is 0. The van der Waals surface area contributed by atoms with Crippen molar-refractivity contribution in [1.82, 2.24) is 0 Å². The smallest absolute Gasteiger partial charge is 0.123 e. The Bertz CT molecular complexity index is 201. The van der Waals surface area contributed by atoms with Gasteiger partial charge in [0, 0.05) is 0 Å². The van der Waals surface area contributed by atoms with Crippen LogP contribution in [0.4, 0.5) is 8.78 Å². The molecular weight excluding hydrogens is 134 g/mol. The highest BCUT2D eigenvalue weighted by Gasteiger charge is 2.00. The average molecular weight is 142 g/mol. The molecule has 0 spiro atoms. The molecule has 0 nitrogen and oxygen atoms in total. The molecule has 1 atom stereocenters. The highest BCUT2D eigenvalue weighted by atomic mass is 19.1. The first kappa shape index (κ1) is 7.19. The molecular formula is C8H8F2. The van der Waals surface area contributed by atoms with Crippen molar-refractivity contribution in [3.63, 3.8) is 0 Å². The summed E-state index contributed by atoms with van der Waals surface area (Å²) in [6.07, 6.45) is -1.01. The third-order valence-corrected chi connectivity index (χ3v) is 1.33. The first-order valence-electron chi connectivity index (χ1n) is 3.09. The summed E-state index contributed by atoms with van der Waals surface area (Å²) in [4.78, 5) is 0. The van der Waals surface area contributed by atoms with Crippen LogP contribution in [0.25, 0.3) is 0 Å². The van der Waals surface area contributed by atoms with Gasteiger partial charge in [0.15, 0.2) is 0 Å². The highest BCUT2D eigenvalue weighted by Crippen LogP contribution is 2.15. The molecule has 0 fully saturated rings. The Kier molecular flexibility index (Phi) is 2.00. The third kappa shape index (κ3) is 1.53. The zero-order valence-electron chi connectivity index (χ0n) is 5.64. The zero-order chi connectivity index (χ0) is 7.56. The molecule has 0 saturated carbocycles. The van der Waals surface area contributed by atoms with E-state index in [1.807, 2.05) is 0 Å². The van der Waals surface area contributed by atoms with Gasteiger partial charge in [-0.25, -0.2) is 8.78 Å². The monoisotopic (exact) mass is 142 g/mol. The van der Waals surface area contributed by atoms with E-state index in [9.17, 15) is 8.78 Å². The fraction of sp³-hybridized carbons (Fsp3) is 0.250. The van der Waals surface area contributed by atoms with Crippen molar-refractivity contribution >= 4 is 0 Å². The van der Waals surface area contributed by atoms with Crippen LogP contribution in [0.5, 0.6) is 0 Å². The van der Waals surface area contributed by atoms with E-state index in [0.29, 0.717) is 5.56 Å². The van der Waals surface area contributed by atoms with Crippen LogP contribution >= 0.6 is 0 Å². The molecule has 0 amide bonds. The van der Waals surface area contributed by atoms with Gasteiger partial charge in [-0.15, -0.1) is 0 Å². The van der Waals surface area contributed by atoms with Crippen molar-refractivity contribution < 1.29 is 8.78 Å². The van der Waals surface area contributed by atoms with Crippen LogP contribution in [0.2, 0.25) is 0 Å². The maximum absolute atomic E-state index is 12.4. The third-order valence-electron chi connectivity index (χ3n) is 1.33. The van der Waals surface area contributed by atoms with Crippen LogP contribution in [0.1, 0.15) is 18.7 Å². The van der Waals surface area contributed by atoms with Gasteiger partial charge in [0.1, 0.15) is 12.0 Å². The quantitative estimate of drug-likeness (QED) is 0.565. The van der Waals surface area contributed by atoms with E-state index in [1.165, 1.54) is 31.2 Å². The molecule has 10 heavy (non-hydrogen) atoms. The normalized spacial score (nSPS) is 13.1. The lowest BCUT2D eigenvalue weighted by atomic mass is 10.1. The van der Waals surface area contributed by atoms with Gasteiger partial charge in [0.05, 0.1) is 0 Å². The zero-order valence-corrected chi connectivity index (χ0v) is 5.64. The standard InChI is InChI=1S/C8H8F2/c1-6(9)7-2-4-8(10)5-3-7/h2-6H,1H3. The Hall–Kier alpha value is -0.920. The molecule has 54 valence electrons. The van der Waals surface area contributed by atoms with E-state index in [-0.39, 0.29) is 5.82 Å². The molecule has 0 radical (unpaired) electrons. The van der Waals surface area contributed by atoms with E-state index in [0.717, 1.165) is 0 Å². The van der Waals surface area contributed by atoms with Crippen molar-refractivity contribution in [3.8, 4) is 0 Å². The van der Waals surface area contributed by atoms with Gasteiger partial charge in [-0.3, -0.25) is 0 Å². The van der Waals surface area contributed by atoms with Gasteiger partial charge >= 0.3 is 0 Å². The molecule has 0 aliphatic carbocycles. The second-order valence-electron chi connectivity index (χ2n) is 2.17. The van der Waals surface area contributed by atoms with E-state index in [2.05, 4.69) is 0 Å². The molecule has 0 aliphatic heterocycles. The second kappa shape index (κ2) is 2.78. The number of halogens is 2. The van der Waals surface area contributed by atoms with Crippen LogP contribution in [-0.2, 0) is 0 Å². The molecule has 1 unspecified atom stereocenters. The van der Waals surface area contributed by atoms with Crippen LogP contribution < -0.4 is 0 Å². The molecule has 0 aromatic heterocycles. The summed E-state index contributed by atoms with van der Waals surface area (Å²) in [6.45, 7) is 1.42. The maximum atomic E-state index is 12.4. The predicted molar refractivity (Wildman–Crippen MR) is 35.9 cm³/mol. The fourth-order valence-electron chi connectivity index (χ4n) is 0.728. The minimum atomic E-state index is -1.01. The summed E-state index contributed by atoms with van der Waals surface area (Å²) >= 11 is 0. The van der Waals surface area contributed by atoms with Gasteiger partial charge < -0.3 is 0 Å². The first-order valence-corrected chi connectivity index (χ1v) is 3.09. The Morgan fingerprint density at radius 3 is 2.10 bits per heavy atom. The van der Waals surface area contributed by atoms with E-state index in [1.54, 1.807) is 0 Å². The first-order chi connectivity index (χ1) is 4.70. The van der Waals surface area contributed by atoms with Crippen molar-refractivity contribution in [2.24, 2.45) is 0 Å². The van der Waals surface area contributed by atoms with Crippen molar-refractivity contribution in [2.45, 2.75) is 13.1 Å². The second-order valence-corrected chi connectivity index (χ2v) is 2.17. The predicted octanol–water partition coefficient (Wildman–Crippen LogP) is 2.86. The summed E-state index contributed by atoms with van der Waals surface area (Å²) < 4.78 is 24.7. The summed E-state index contributed by atoms with van der Waals surface area (Å²) in [5.41, 5.74) is 0.515. The lowest BCUT2D eigenvalue weighted by Crippen LogP contribution is -1.84. The van der Waals surface area contributed by atoms with Crippen LogP contribution in [-0.4, -0.2) is 0 Å². The van der Waals surface area contributed by atoms with E-state index < -0.39 is 6.17 Å². The Morgan fingerprint density at radius 1 is 1.20 bits per heavy atom. The van der Waals surface area contributed by atoms with Gasteiger partial charge in [0.25, 0.3) is 0 Å². The molecule has 0 aliphatic rings. The molecule has 0 N–H and O–H groups in total. The van der Waals surface area contributed by atoms with Gasteiger partial charge in [0.2, 0.25) is 0 Å². The number of alkyl halides is 1. The largest absolute Gasteiger partial charge is 0.243 e. The molecule has 0 bridgehead atoms. The average Bonchev–Trinajstić information content (AvgIpc) is 1.88. The van der Waals surface area contributed by atoms with Crippen molar-refractivity contribution in [1.29, 1.82) is 0 Å². The Balaban J connectivity index is 2.89. The van der Waals surface area contributed by atoms with Gasteiger partial charge in [-0.05, 0) is 24.6 Å². The molecule has 1 aromatic rings. The van der Waals surface area contributed by atoms with Crippen molar-refractivity contribution in [3.05, 3.63) is 35.6 Å². The number of rotatable bonds is 1. The molecule has 1 rings (SSSR count). The Morgan fingerprint density at radius 2 is 1.70 bits per heavy atom. The van der Waals surface area contributed by atoms with E-state index in [4.69, 9.17) is 0 Å². The topological polar surface area (TPSA) is 0 Å². The maximum Gasteiger partial charge on any atom is 0.123 e. The van der Waals surface area contributed by atoms with Crippen LogP contribution in [0.15, 0.2) is 24.3 Å².